The highest BCUT2D eigenvalue weighted by Gasteiger charge is 2.47. The number of aromatic nitrogens is 3. The lowest BCUT2D eigenvalue weighted by Crippen LogP contribution is -2.48. The van der Waals surface area contributed by atoms with Crippen LogP contribution in [0.3, 0.4) is 0 Å². The number of nitrogens with zero attached hydrogens (tertiary/aromatic N) is 4. The third-order valence-electron chi connectivity index (χ3n) is 5.31. The van der Waals surface area contributed by atoms with E-state index in [4.69, 9.17) is 16.3 Å². The van der Waals surface area contributed by atoms with Gasteiger partial charge in [-0.15, -0.1) is 0 Å². The molecule has 0 spiro atoms. The van der Waals surface area contributed by atoms with Crippen LogP contribution in [0.2, 0.25) is 5.02 Å². The molecule has 2 aromatic rings. The third-order valence-corrected chi connectivity index (χ3v) is 5.61. The molecule has 0 bridgehead atoms. The third kappa shape index (κ3) is 4.29. The Morgan fingerprint density at radius 2 is 2.03 bits per heavy atom. The summed E-state index contributed by atoms with van der Waals surface area (Å²) in [6.07, 6.45) is -1.17. The normalized spacial score (nSPS) is 23.5. The molecule has 29 heavy (non-hydrogen) atoms. The van der Waals surface area contributed by atoms with Crippen LogP contribution < -0.4 is 4.74 Å². The number of piperidine rings is 1. The number of hydrogen-bond acceptors (Lipinski definition) is 5. The molecule has 3 heterocycles. The number of rotatable bonds is 4. The number of likely N-dealkylation sites (tertiary alicyclic amines) is 1. The van der Waals surface area contributed by atoms with E-state index in [0.717, 1.165) is 19.0 Å². The second-order valence-electron chi connectivity index (χ2n) is 7.43. The number of pyridine rings is 1. The second kappa shape index (κ2) is 7.44. The van der Waals surface area contributed by atoms with Crippen molar-refractivity contribution in [2.75, 3.05) is 13.2 Å². The van der Waals surface area contributed by atoms with E-state index < -0.39 is 11.9 Å². The van der Waals surface area contributed by atoms with Crippen LogP contribution in [-0.4, -0.2) is 45.0 Å². The van der Waals surface area contributed by atoms with Crippen LogP contribution in [0.25, 0.3) is 0 Å². The summed E-state index contributed by atoms with van der Waals surface area (Å²) >= 11 is 6.18. The Morgan fingerprint density at radius 1 is 1.24 bits per heavy atom. The molecule has 6 nitrogen and oxygen atoms in total. The fourth-order valence-electron chi connectivity index (χ4n) is 3.65. The average molecular weight is 427 g/mol. The monoisotopic (exact) mass is 426 g/mol. The quantitative estimate of drug-likeness (QED) is 0.744. The van der Waals surface area contributed by atoms with E-state index in [1.54, 1.807) is 24.0 Å². The van der Waals surface area contributed by atoms with Gasteiger partial charge in [0, 0.05) is 12.2 Å². The van der Waals surface area contributed by atoms with Crippen LogP contribution in [0, 0.1) is 18.8 Å². The molecule has 1 amide bonds. The lowest BCUT2D eigenvalue weighted by atomic mass is 10.0. The van der Waals surface area contributed by atoms with Crippen molar-refractivity contribution in [3.05, 3.63) is 46.6 Å². The van der Waals surface area contributed by atoms with Gasteiger partial charge in [-0.25, -0.2) is 15.0 Å². The molecule has 10 heteroatoms. The Labute approximate surface area is 170 Å². The number of ether oxygens (including phenoxy) is 1. The smallest absolute Gasteiger partial charge is 0.434 e. The Kier molecular flexibility index (Phi) is 5.10. The van der Waals surface area contributed by atoms with E-state index in [2.05, 4.69) is 15.0 Å². The molecule has 1 aliphatic heterocycles. The summed E-state index contributed by atoms with van der Waals surface area (Å²) < 4.78 is 43.4. The minimum Gasteiger partial charge on any atom is -0.474 e. The molecule has 2 aromatic heterocycles. The first kappa shape index (κ1) is 19.9. The highest BCUT2D eigenvalue weighted by atomic mass is 35.5. The van der Waals surface area contributed by atoms with E-state index in [1.807, 2.05) is 0 Å². The zero-order chi connectivity index (χ0) is 20.8. The highest BCUT2D eigenvalue weighted by molar-refractivity contribution is 6.33. The van der Waals surface area contributed by atoms with Gasteiger partial charge >= 0.3 is 6.18 Å². The van der Waals surface area contributed by atoms with Gasteiger partial charge in [0.15, 0.2) is 5.69 Å². The van der Waals surface area contributed by atoms with Crippen molar-refractivity contribution in [2.24, 2.45) is 11.8 Å². The van der Waals surface area contributed by atoms with E-state index in [0.29, 0.717) is 30.3 Å². The Bertz CT molecular complexity index is 923. The standard InChI is InChI=1S/C19H18ClF3N4O2/c1-10-2-3-14(20)17(26-10)18(28)27-8-12-4-11(12)5-13(27)9-29-16-7-24-15(6-25-16)19(21,22)23/h2-3,6-7,11-13H,4-5,8-9H2,1H3. The summed E-state index contributed by atoms with van der Waals surface area (Å²) in [5, 5.41) is 0.284. The lowest BCUT2D eigenvalue weighted by molar-refractivity contribution is -0.141. The van der Waals surface area contributed by atoms with Crippen LogP contribution in [0.5, 0.6) is 5.88 Å². The number of fused-ring (bicyclic) bond motifs is 1. The zero-order valence-corrected chi connectivity index (χ0v) is 16.2. The Hall–Kier alpha value is -2.42. The van der Waals surface area contributed by atoms with Crippen molar-refractivity contribution in [3.63, 3.8) is 0 Å². The molecular weight excluding hydrogens is 409 g/mol. The van der Waals surface area contributed by atoms with Crippen molar-refractivity contribution in [2.45, 2.75) is 32.0 Å². The molecule has 154 valence electrons. The van der Waals surface area contributed by atoms with Gasteiger partial charge in [0.1, 0.15) is 12.3 Å². The predicted octanol–water partition coefficient (Wildman–Crippen LogP) is 3.78. The Morgan fingerprint density at radius 3 is 2.72 bits per heavy atom. The van der Waals surface area contributed by atoms with Crippen LogP contribution in [0.1, 0.15) is 34.7 Å². The topological polar surface area (TPSA) is 68.2 Å². The fraction of sp³-hybridized carbons (Fsp3) is 0.474. The van der Waals surface area contributed by atoms with Gasteiger partial charge < -0.3 is 9.64 Å². The van der Waals surface area contributed by atoms with Gasteiger partial charge in [0.2, 0.25) is 5.88 Å². The molecule has 0 radical (unpaired) electrons. The first-order valence-corrected chi connectivity index (χ1v) is 9.56. The van der Waals surface area contributed by atoms with E-state index in [-0.39, 0.29) is 35.2 Å². The summed E-state index contributed by atoms with van der Waals surface area (Å²) in [6, 6.07) is 3.13. The minimum atomic E-state index is -4.56. The number of aryl methyl sites for hydroxylation is 1. The van der Waals surface area contributed by atoms with Gasteiger partial charge in [0.25, 0.3) is 5.91 Å². The van der Waals surface area contributed by atoms with Gasteiger partial charge in [-0.05, 0) is 43.7 Å². The summed E-state index contributed by atoms with van der Waals surface area (Å²) in [4.78, 5) is 26.1. The summed E-state index contributed by atoms with van der Waals surface area (Å²) in [6.45, 7) is 2.48. The molecule has 2 aliphatic rings. The molecule has 0 aromatic carbocycles. The predicted molar refractivity (Wildman–Crippen MR) is 97.6 cm³/mol. The largest absolute Gasteiger partial charge is 0.474 e. The molecule has 1 aliphatic carbocycles. The maximum absolute atomic E-state index is 13.1. The van der Waals surface area contributed by atoms with Gasteiger partial charge in [-0.2, -0.15) is 13.2 Å². The number of amides is 1. The van der Waals surface area contributed by atoms with Crippen molar-refractivity contribution < 1.29 is 22.7 Å². The maximum Gasteiger partial charge on any atom is 0.434 e. The molecule has 3 unspecified atom stereocenters. The molecule has 4 rings (SSSR count). The maximum atomic E-state index is 13.1. The first-order chi connectivity index (χ1) is 13.7. The number of halogens is 4. The molecule has 2 fully saturated rings. The zero-order valence-electron chi connectivity index (χ0n) is 15.5. The van der Waals surface area contributed by atoms with Crippen LogP contribution >= 0.6 is 11.6 Å². The lowest BCUT2D eigenvalue weighted by Gasteiger charge is -2.35. The summed E-state index contributed by atoms with van der Waals surface area (Å²) in [5.41, 5.74) is -0.197. The van der Waals surface area contributed by atoms with Crippen LogP contribution in [0.15, 0.2) is 24.5 Å². The molecule has 3 atom stereocenters. The van der Waals surface area contributed by atoms with Gasteiger partial charge in [-0.3, -0.25) is 4.79 Å². The Balaban J connectivity index is 1.48. The van der Waals surface area contributed by atoms with Crippen molar-refractivity contribution in [1.29, 1.82) is 0 Å². The number of carbonyl (C=O) groups is 1. The van der Waals surface area contributed by atoms with Crippen LogP contribution in [-0.2, 0) is 6.18 Å². The van der Waals surface area contributed by atoms with E-state index >= 15 is 0 Å². The van der Waals surface area contributed by atoms with Gasteiger partial charge in [-0.1, -0.05) is 11.6 Å². The van der Waals surface area contributed by atoms with Crippen molar-refractivity contribution in [1.82, 2.24) is 19.9 Å². The SMILES string of the molecule is Cc1ccc(Cl)c(C(=O)N2CC3CC3CC2COc2cnc(C(F)(F)F)cn2)n1. The number of alkyl halides is 3. The van der Waals surface area contributed by atoms with Gasteiger partial charge in [0.05, 0.1) is 23.5 Å². The highest BCUT2D eigenvalue weighted by Crippen LogP contribution is 2.47. The minimum absolute atomic E-state index is 0.0185. The van der Waals surface area contributed by atoms with E-state index in [9.17, 15) is 18.0 Å². The van der Waals surface area contributed by atoms with Crippen molar-refractivity contribution >= 4 is 17.5 Å². The number of hydrogen-bond donors (Lipinski definition) is 0. The average Bonchev–Trinajstić information content (AvgIpc) is 3.45. The van der Waals surface area contributed by atoms with E-state index in [1.165, 1.54) is 0 Å². The molecule has 0 N–H and O–H groups in total. The summed E-state index contributed by atoms with van der Waals surface area (Å²) in [5.74, 6) is 0.711. The molecule has 1 saturated heterocycles. The first-order valence-electron chi connectivity index (χ1n) is 9.18. The molecule has 1 saturated carbocycles. The fourth-order valence-corrected chi connectivity index (χ4v) is 3.84. The van der Waals surface area contributed by atoms with Crippen molar-refractivity contribution in [3.8, 4) is 5.88 Å². The summed E-state index contributed by atoms with van der Waals surface area (Å²) in [7, 11) is 0. The van der Waals surface area contributed by atoms with Crippen LogP contribution in [0.4, 0.5) is 13.2 Å². The second-order valence-corrected chi connectivity index (χ2v) is 7.84. The molecular formula is C19H18ClF3N4O2. The number of carbonyl (C=O) groups excluding carboxylic acids is 1.